The first kappa shape index (κ1) is 35.4. The number of hydrazine groups is 1. The van der Waals surface area contributed by atoms with E-state index in [9.17, 15) is 28.8 Å². The predicted octanol–water partition coefficient (Wildman–Crippen LogP) is 3.38. The van der Waals surface area contributed by atoms with Crippen LogP contribution in [0.3, 0.4) is 0 Å². The van der Waals surface area contributed by atoms with Crippen molar-refractivity contribution in [3.8, 4) is 0 Å². The molecule has 0 aromatic rings. The number of ketones is 1. The van der Waals surface area contributed by atoms with Gasteiger partial charge in [0, 0.05) is 12.8 Å². The Hall–Kier alpha value is -3.78. The van der Waals surface area contributed by atoms with Crippen LogP contribution >= 0.6 is 0 Å². The minimum Gasteiger partial charge on any atom is -0.454 e. The van der Waals surface area contributed by atoms with E-state index in [4.69, 9.17) is 18.6 Å². The van der Waals surface area contributed by atoms with Crippen LogP contribution in [0, 0.1) is 5.92 Å². The van der Waals surface area contributed by atoms with Gasteiger partial charge in [0.15, 0.2) is 8.32 Å². The lowest BCUT2D eigenvalue weighted by molar-refractivity contribution is -0.171. The third-order valence-electron chi connectivity index (χ3n) is 7.76. The van der Waals surface area contributed by atoms with Crippen LogP contribution in [0.2, 0.25) is 18.1 Å². The standard InChI is InChI=1S/C29H43N3O10Si/c1-10-13-39-26(36)25(35)31-20(17-23(31)34)16-22(33)21-18-30(27(37)40-14-11-2)32(28(38)41-15-12-3)24(21)19(4)42-43(8,9)29(5,6)7/h10-12,19-21,24H,1-3,13-18H2,4-9H3/t19-,20-,21?,24-/m1/s1. The van der Waals surface area contributed by atoms with Crippen LogP contribution in [-0.4, -0.2) is 104 Å². The van der Waals surface area contributed by atoms with Crippen molar-refractivity contribution in [3.05, 3.63) is 38.0 Å². The Bertz CT molecular complexity index is 1150. The first-order valence-corrected chi connectivity index (χ1v) is 16.9. The third kappa shape index (κ3) is 8.19. The molecule has 4 atom stereocenters. The molecule has 0 aromatic heterocycles. The highest BCUT2D eigenvalue weighted by atomic mass is 28.4. The first-order valence-electron chi connectivity index (χ1n) is 14.0. The van der Waals surface area contributed by atoms with Gasteiger partial charge < -0.3 is 18.6 Å². The molecule has 0 bridgehead atoms. The smallest absolute Gasteiger partial charge is 0.429 e. The van der Waals surface area contributed by atoms with Crippen LogP contribution in [0.25, 0.3) is 0 Å². The van der Waals surface area contributed by atoms with Crippen LogP contribution in [0.5, 0.6) is 0 Å². The van der Waals surface area contributed by atoms with Crippen molar-refractivity contribution in [3.63, 3.8) is 0 Å². The minimum absolute atomic E-state index is 0.143. The van der Waals surface area contributed by atoms with Gasteiger partial charge in [-0.1, -0.05) is 58.7 Å². The normalized spacial score (nSPS) is 20.9. The zero-order chi connectivity index (χ0) is 32.7. The summed E-state index contributed by atoms with van der Waals surface area (Å²) in [6.45, 7) is 21.6. The molecule has 13 nitrogen and oxygen atoms in total. The van der Waals surface area contributed by atoms with Gasteiger partial charge in [0.25, 0.3) is 0 Å². The van der Waals surface area contributed by atoms with E-state index >= 15 is 0 Å². The number of β-lactam (4-membered cyclic amide) rings is 1. The van der Waals surface area contributed by atoms with E-state index in [-0.39, 0.29) is 44.2 Å². The summed E-state index contributed by atoms with van der Waals surface area (Å²) < 4.78 is 21.8. The summed E-state index contributed by atoms with van der Waals surface area (Å²) in [7, 11) is -2.46. The molecule has 0 saturated carbocycles. The summed E-state index contributed by atoms with van der Waals surface area (Å²) in [6, 6.07) is -1.91. The van der Waals surface area contributed by atoms with E-state index in [2.05, 4.69) is 19.7 Å². The Morgan fingerprint density at radius 3 is 2.00 bits per heavy atom. The number of carbonyl (C=O) groups is 6. The first-order chi connectivity index (χ1) is 20.0. The predicted molar refractivity (Wildman–Crippen MR) is 158 cm³/mol. The number of likely N-dealkylation sites (tertiary alicyclic amines) is 1. The largest absolute Gasteiger partial charge is 0.454 e. The molecule has 0 aliphatic carbocycles. The molecule has 2 aliphatic rings. The molecule has 0 N–H and O–H groups in total. The maximum atomic E-state index is 13.9. The summed E-state index contributed by atoms with van der Waals surface area (Å²) in [5, 5.41) is 1.81. The summed E-state index contributed by atoms with van der Waals surface area (Å²) in [4.78, 5) is 78.0. The Balaban J connectivity index is 2.46. The van der Waals surface area contributed by atoms with Crippen LogP contribution in [0.15, 0.2) is 38.0 Å². The average Bonchev–Trinajstić information content (AvgIpc) is 3.33. The zero-order valence-corrected chi connectivity index (χ0v) is 26.8. The number of hydrogen-bond acceptors (Lipinski definition) is 10. The number of hydrogen-bond donors (Lipinski definition) is 0. The number of rotatable bonds is 12. The number of Topliss-reactive ketones (excluding diaryl/α,β-unsaturated/α-hetero) is 1. The van der Waals surface area contributed by atoms with E-state index in [1.165, 1.54) is 18.2 Å². The van der Waals surface area contributed by atoms with E-state index in [0.717, 1.165) is 10.0 Å². The lowest BCUT2D eigenvalue weighted by Crippen LogP contribution is -2.59. The van der Waals surface area contributed by atoms with Crippen LogP contribution in [-0.2, 0) is 37.8 Å². The fraction of sp³-hybridized carbons (Fsp3) is 0.586. The van der Waals surface area contributed by atoms with Gasteiger partial charge in [-0.15, -0.1) is 0 Å². The molecule has 2 aliphatic heterocycles. The molecule has 43 heavy (non-hydrogen) atoms. The zero-order valence-electron chi connectivity index (χ0n) is 25.8. The van der Waals surface area contributed by atoms with Crippen molar-refractivity contribution < 1.29 is 47.4 Å². The topological polar surface area (TPSA) is 149 Å². The molecule has 4 amide bonds. The maximum absolute atomic E-state index is 13.9. The Labute approximate surface area is 253 Å². The second kappa shape index (κ2) is 14.6. The summed E-state index contributed by atoms with van der Waals surface area (Å²) in [5.74, 6) is -4.51. The molecular formula is C29H43N3O10Si. The Morgan fingerprint density at radius 1 is 0.953 bits per heavy atom. The molecule has 2 fully saturated rings. The highest BCUT2D eigenvalue weighted by Gasteiger charge is 2.55. The van der Waals surface area contributed by atoms with Crippen molar-refractivity contribution in [2.75, 3.05) is 26.4 Å². The Kier molecular flexibility index (Phi) is 12.0. The van der Waals surface area contributed by atoms with Gasteiger partial charge in [-0.2, -0.15) is 0 Å². The second-order valence-electron chi connectivity index (χ2n) is 11.8. The number of amides is 4. The van der Waals surface area contributed by atoms with E-state index in [0.29, 0.717) is 4.90 Å². The SMILES string of the molecule is C=CCOC(=O)C(=O)N1C(=O)C[C@H]1CC(=O)C1CN(C(=O)OCC=C)N(C(=O)OCC=C)[C@@H]1[C@@H](C)O[Si](C)(C)C(C)(C)C. The molecule has 2 saturated heterocycles. The van der Waals surface area contributed by atoms with E-state index in [1.54, 1.807) is 6.92 Å². The van der Waals surface area contributed by atoms with Crippen molar-refractivity contribution >= 4 is 44.1 Å². The van der Waals surface area contributed by atoms with Gasteiger partial charge in [0.1, 0.15) is 25.6 Å². The molecular weight excluding hydrogens is 578 g/mol. The number of imide groups is 1. The second-order valence-corrected chi connectivity index (χ2v) is 16.6. The molecule has 14 heteroatoms. The van der Waals surface area contributed by atoms with Gasteiger partial charge in [0.2, 0.25) is 5.91 Å². The van der Waals surface area contributed by atoms with Crippen LogP contribution in [0.4, 0.5) is 9.59 Å². The van der Waals surface area contributed by atoms with Crippen molar-refractivity contribution in [1.29, 1.82) is 0 Å². The third-order valence-corrected chi connectivity index (χ3v) is 12.3. The minimum atomic E-state index is -2.46. The van der Waals surface area contributed by atoms with Crippen LogP contribution in [0.1, 0.15) is 40.5 Å². The molecule has 1 unspecified atom stereocenters. The Morgan fingerprint density at radius 2 is 1.49 bits per heavy atom. The van der Waals surface area contributed by atoms with E-state index < -0.39 is 68.2 Å². The molecule has 0 radical (unpaired) electrons. The maximum Gasteiger partial charge on any atom is 0.429 e. The van der Waals surface area contributed by atoms with E-state index in [1.807, 2.05) is 33.9 Å². The highest BCUT2D eigenvalue weighted by molar-refractivity contribution is 6.74. The van der Waals surface area contributed by atoms with Gasteiger partial charge >= 0.3 is 24.1 Å². The summed E-state index contributed by atoms with van der Waals surface area (Å²) >= 11 is 0. The van der Waals surface area contributed by atoms with Gasteiger partial charge in [-0.25, -0.2) is 24.4 Å². The van der Waals surface area contributed by atoms with Gasteiger partial charge in [0.05, 0.1) is 30.7 Å². The monoisotopic (exact) mass is 621 g/mol. The van der Waals surface area contributed by atoms with Crippen molar-refractivity contribution in [1.82, 2.24) is 14.9 Å². The molecule has 0 aromatic carbocycles. The summed E-state index contributed by atoms with van der Waals surface area (Å²) in [6.07, 6.45) is 0.962. The quantitative estimate of drug-likeness (QED) is 0.0793. The van der Waals surface area contributed by atoms with Gasteiger partial charge in [-0.05, 0) is 25.1 Å². The molecule has 0 spiro atoms. The number of esters is 1. The molecule has 238 valence electrons. The number of nitrogens with zero attached hydrogens (tertiary/aromatic N) is 3. The fourth-order valence-corrected chi connectivity index (χ4v) is 6.05. The average molecular weight is 622 g/mol. The van der Waals surface area contributed by atoms with Crippen molar-refractivity contribution in [2.24, 2.45) is 5.92 Å². The highest BCUT2D eigenvalue weighted by Crippen LogP contribution is 2.40. The molecule has 2 rings (SSSR count). The van der Waals surface area contributed by atoms with Gasteiger partial charge in [-0.3, -0.25) is 19.3 Å². The lowest BCUT2D eigenvalue weighted by Gasteiger charge is -2.42. The summed E-state index contributed by atoms with van der Waals surface area (Å²) in [5.41, 5.74) is 0. The number of carbonyl (C=O) groups excluding carboxylic acids is 6. The fourth-order valence-electron chi connectivity index (χ4n) is 4.63. The number of ether oxygens (including phenoxy) is 3. The van der Waals surface area contributed by atoms with Crippen LogP contribution < -0.4 is 0 Å². The molecule has 2 heterocycles. The lowest BCUT2D eigenvalue weighted by atomic mass is 9.86. The van der Waals surface area contributed by atoms with Crippen molar-refractivity contribution in [2.45, 2.75) is 76.9 Å².